The van der Waals surface area contributed by atoms with Crippen LogP contribution in [0.1, 0.15) is 6.42 Å². The van der Waals surface area contributed by atoms with Gasteiger partial charge in [0.1, 0.15) is 16.5 Å². The van der Waals surface area contributed by atoms with Gasteiger partial charge in [0, 0.05) is 11.4 Å². The van der Waals surface area contributed by atoms with Crippen molar-refractivity contribution < 1.29 is 13.0 Å². The maximum atomic E-state index is 13.4. The van der Waals surface area contributed by atoms with Crippen molar-refractivity contribution in [2.24, 2.45) is 0 Å². The van der Waals surface area contributed by atoms with Crippen molar-refractivity contribution in [3.63, 3.8) is 0 Å². The molecule has 1 unspecified atom stereocenters. The van der Waals surface area contributed by atoms with Crippen molar-refractivity contribution in [2.75, 3.05) is 32.1 Å². The fourth-order valence-corrected chi connectivity index (χ4v) is 2.56. The first-order valence-corrected chi connectivity index (χ1v) is 6.51. The Morgan fingerprint density at radius 2 is 1.82 bits per heavy atom. The van der Waals surface area contributed by atoms with Gasteiger partial charge in [0.25, 0.3) is 0 Å². The van der Waals surface area contributed by atoms with Gasteiger partial charge in [-0.1, -0.05) is 0 Å². The molecule has 1 atom stereocenters. The third-order valence-corrected chi connectivity index (χ3v) is 3.69. The van der Waals surface area contributed by atoms with Gasteiger partial charge in [-0.3, -0.25) is 4.21 Å². The van der Waals surface area contributed by atoms with Crippen molar-refractivity contribution in [3.05, 3.63) is 23.8 Å². The van der Waals surface area contributed by atoms with Gasteiger partial charge < -0.3 is 10.6 Å². The molecule has 3 nitrogen and oxygen atoms in total. The minimum absolute atomic E-state index is 0.00552. The molecule has 96 valence electrons. The zero-order chi connectivity index (χ0) is 13.0. The predicted octanol–water partition coefficient (Wildman–Crippen LogP) is 1.61. The first-order chi connectivity index (χ1) is 7.91. The summed E-state index contributed by atoms with van der Waals surface area (Å²) in [4.78, 5) is 1.55. The Morgan fingerprint density at radius 1 is 1.29 bits per heavy atom. The lowest BCUT2D eigenvalue weighted by molar-refractivity contribution is 0.409. The van der Waals surface area contributed by atoms with Crippen LogP contribution < -0.4 is 5.73 Å². The van der Waals surface area contributed by atoms with E-state index in [1.54, 1.807) is 0 Å². The number of nitrogens with two attached hydrogens (primary N) is 1. The summed E-state index contributed by atoms with van der Waals surface area (Å²) in [5, 5.41) is 0. The molecular formula is C11H16F2N2OS. The number of hydrogen-bond acceptors (Lipinski definition) is 3. The number of anilines is 1. The SMILES string of the molecule is CN(C)CCCS(=O)c1c(F)cc(N)cc1F. The van der Waals surface area contributed by atoms with E-state index in [-0.39, 0.29) is 16.3 Å². The molecule has 0 heterocycles. The van der Waals surface area contributed by atoms with Gasteiger partial charge in [0.2, 0.25) is 0 Å². The van der Waals surface area contributed by atoms with E-state index in [0.717, 1.165) is 18.7 Å². The molecule has 0 spiro atoms. The van der Waals surface area contributed by atoms with Crippen molar-refractivity contribution in [1.29, 1.82) is 0 Å². The second-order valence-corrected chi connectivity index (χ2v) is 5.53. The Hall–Kier alpha value is -1.01. The van der Waals surface area contributed by atoms with Crippen LogP contribution >= 0.6 is 0 Å². The lowest BCUT2D eigenvalue weighted by Crippen LogP contribution is -2.16. The van der Waals surface area contributed by atoms with Gasteiger partial charge in [-0.05, 0) is 39.2 Å². The van der Waals surface area contributed by atoms with Crippen LogP contribution in [0.4, 0.5) is 14.5 Å². The number of hydrogen-bond donors (Lipinski definition) is 1. The fraction of sp³-hybridized carbons (Fsp3) is 0.455. The maximum Gasteiger partial charge on any atom is 0.144 e. The number of rotatable bonds is 5. The largest absolute Gasteiger partial charge is 0.399 e. The van der Waals surface area contributed by atoms with Crippen molar-refractivity contribution in [1.82, 2.24) is 4.90 Å². The molecule has 0 aliphatic heterocycles. The highest BCUT2D eigenvalue weighted by Crippen LogP contribution is 2.20. The molecule has 1 aromatic rings. The average Bonchev–Trinajstić information content (AvgIpc) is 2.14. The van der Waals surface area contributed by atoms with Crippen molar-refractivity contribution in [2.45, 2.75) is 11.3 Å². The highest BCUT2D eigenvalue weighted by atomic mass is 32.2. The fourth-order valence-electron chi connectivity index (χ4n) is 1.41. The van der Waals surface area contributed by atoms with E-state index in [0.29, 0.717) is 6.42 Å². The first-order valence-electron chi connectivity index (χ1n) is 5.19. The van der Waals surface area contributed by atoms with E-state index in [1.165, 1.54) is 0 Å². The summed E-state index contributed by atoms with van der Waals surface area (Å²) in [7, 11) is 2.10. The highest BCUT2D eigenvalue weighted by molar-refractivity contribution is 7.85. The second kappa shape index (κ2) is 6.07. The molecule has 0 aliphatic carbocycles. The quantitative estimate of drug-likeness (QED) is 0.820. The molecule has 0 radical (unpaired) electrons. The van der Waals surface area contributed by atoms with Crippen LogP contribution in [0.15, 0.2) is 17.0 Å². The molecule has 0 amide bonds. The van der Waals surface area contributed by atoms with Gasteiger partial charge in [0.15, 0.2) is 0 Å². The predicted molar refractivity (Wildman–Crippen MR) is 65.2 cm³/mol. The normalized spacial score (nSPS) is 13.0. The molecule has 0 saturated carbocycles. The van der Waals surface area contributed by atoms with Crippen LogP contribution in [0.2, 0.25) is 0 Å². The molecule has 2 N–H and O–H groups in total. The second-order valence-electron chi connectivity index (χ2n) is 4.02. The Morgan fingerprint density at radius 3 is 2.29 bits per heavy atom. The lowest BCUT2D eigenvalue weighted by atomic mass is 10.3. The highest BCUT2D eigenvalue weighted by Gasteiger charge is 2.16. The minimum atomic E-state index is -1.66. The Balaban J connectivity index is 2.76. The van der Waals surface area contributed by atoms with E-state index in [4.69, 9.17) is 5.73 Å². The summed E-state index contributed by atoms with van der Waals surface area (Å²) in [6.45, 7) is 0.726. The van der Waals surface area contributed by atoms with Crippen molar-refractivity contribution in [3.8, 4) is 0 Å². The molecule has 6 heteroatoms. The smallest absolute Gasteiger partial charge is 0.144 e. The van der Waals surface area contributed by atoms with E-state index < -0.39 is 22.4 Å². The average molecular weight is 262 g/mol. The summed E-state index contributed by atoms with van der Waals surface area (Å²) >= 11 is 0. The van der Waals surface area contributed by atoms with Crippen LogP contribution in [0.3, 0.4) is 0 Å². The molecule has 17 heavy (non-hydrogen) atoms. The van der Waals surface area contributed by atoms with E-state index >= 15 is 0 Å². The Labute approximate surface area is 102 Å². The Kier molecular flexibility index (Phi) is 5.02. The molecule has 1 rings (SSSR count). The summed E-state index contributed by atoms with van der Waals surface area (Å²) < 4.78 is 38.6. The number of nitrogens with zero attached hydrogens (tertiary/aromatic N) is 1. The van der Waals surface area contributed by atoms with Crippen LogP contribution in [0.25, 0.3) is 0 Å². The topological polar surface area (TPSA) is 46.3 Å². The van der Waals surface area contributed by atoms with E-state index in [9.17, 15) is 13.0 Å². The first kappa shape index (κ1) is 14.1. The van der Waals surface area contributed by atoms with Crippen LogP contribution in [-0.4, -0.2) is 35.5 Å². The van der Waals surface area contributed by atoms with Gasteiger partial charge in [-0.25, -0.2) is 8.78 Å². The summed E-state index contributed by atoms with van der Waals surface area (Å²) in [6, 6.07) is 1.98. The Bertz CT molecular complexity index is 401. The summed E-state index contributed by atoms with van der Waals surface area (Å²) in [5.41, 5.74) is 5.28. The van der Waals surface area contributed by atoms with Crippen LogP contribution in [0, 0.1) is 11.6 Å². The van der Waals surface area contributed by atoms with Gasteiger partial charge >= 0.3 is 0 Å². The summed E-state index contributed by atoms with van der Waals surface area (Å²) in [6.07, 6.45) is 0.614. The molecule has 0 fully saturated rings. The molecule has 1 aromatic carbocycles. The minimum Gasteiger partial charge on any atom is -0.399 e. The van der Waals surface area contributed by atoms with E-state index in [1.807, 2.05) is 19.0 Å². The zero-order valence-electron chi connectivity index (χ0n) is 9.87. The van der Waals surface area contributed by atoms with Gasteiger partial charge in [-0.15, -0.1) is 0 Å². The van der Waals surface area contributed by atoms with Gasteiger partial charge in [-0.2, -0.15) is 0 Å². The van der Waals surface area contributed by atoms with E-state index in [2.05, 4.69) is 0 Å². The molecule has 0 bridgehead atoms. The molecule has 0 aliphatic rings. The summed E-state index contributed by atoms with van der Waals surface area (Å²) in [5.74, 6) is -1.45. The van der Waals surface area contributed by atoms with Crippen molar-refractivity contribution >= 4 is 16.5 Å². The van der Waals surface area contributed by atoms with Crippen LogP contribution in [-0.2, 0) is 10.8 Å². The standard InChI is InChI=1S/C11H16F2N2OS/c1-15(2)4-3-5-17(16)11-9(12)6-8(14)7-10(11)13/h6-7H,3-5,14H2,1-2H3. The monoisotopic (exact) mass is 262 g/mol. The maximum absolute atomic E-state index is 13.4. The van der Waals surface area contributed by atoms with Gasteiger partial charge in [0.05, 0.1) is 10.8 Å². The number of benzene rings is 1. The third kappa shape index (κ3) is 4.05. The molecular weight excluding hydrogens is 246 g/mol. The number of halogens is 2. The number of nitrogen functional groups attached to an aromatic ring is 1. The molecule has 0 aromatic heterocycles. The molecule has 0 saturated heterocycles. The third-order valence-electron chi connectivity index (χ3n) is 2.18. The van der Waals surface area contributed by atoms with Crippen LogP contribution in [0.5, 0.6) is 0 Å². The zero-order valence-corrected chi connectivity index (χ0v) is 10.7. The lowest BCUT2D eigenvalue weighted by Gasteiger charge is -2.09.